The summed E-state index contributed by atoms with van der Waals surface area (Å²) in [6, 6.07) is 0. The lowest BCUT2D eigenvalue weighted by Crippen LogP contribution is -2.44. The van der Waals surface area contributed by atoms with Gasteiger partial charge >= 0.3 is 6.18 Å². The van der Waals surface area contributed by atoms with Crippen molar-refractivity contribution in [1.29, 1.82) is 0 Å². The molecule has 1 atom stereocenters. The molecule has 0 aromatic carbocycles. The molecule has 1 aliphatic heterocycles. The number of hydrogen-bond donors (Lipinski definition) is 1. The number of hydrogen-bond acceptors (Lipinski definition) is 4. The third-order valence-electron chi connectivity index (χ3n) is 5.72. The van der Waals surface area contributed by atoms with E-state index in [1.165, 1.54) is 19.9 Å². The van der Waals surface area contributed by atoms with Crippen LogP contribution in [0.4, 0.5) is 13.2 Å². The summed E-state index contributed by atoms with van der Waals surface area (Å²) in [5.41, 5.74) is 2.42. The van der Waals surface area contributed by atoms with Crippen LogP contribution in [-0.4, -0.2) is 46.9 Å². The Balaban J connectivity index is 3.14. The van der Waals surface area contributed by atoms with E-state index >= 15 is 0 Å². The number of halogens is 3. The number of hydrazine groups is 1. The van der Waals surface area contributed by atoms with E-state index in [1.807, 2.05) is 20.8 Å². The van der Waals surface area contributed by atoms with Crippen LogP contribution in [0, 0.1) is 5.92 Å². The molecular formula is C24H34F3N3O3. The number of nitrogens with one attached hydrogen (secondary N) is 1. The maximum absolute atomic E-state index is 13.3. The first-order valence-electron chi connectivity index (χ1n) is 11.1. The van der Waals surface area contributed by atoms with Crippen molar-refractivity contribution in [3.8, 4) is 0 Å². The minimum atomic E-state index is -4.58. The van der Waals surface area contributed by atoms with Crippen LogP contribution in [0.2, 0.25) is 0 Å². The van der Waals surface area contributed by atoms with Crippen LogP contribution in [0.25, 0.3) is 0 Å². The number of nitrogens with zero attached hydrogens (tertiary/aromatic N) is 2. The van der Waals surface area contributed by atoms with Crippen molar-refractivity contribution < 1.29 is 27.6 Å². The molecule has 0 radical (unpaired) electrons. The molecule has 0 saturated heterocycles. The molecule has 1 aliphatic rings. The molecule has 184 valence electrons. The topological polar surface area (TPSA) is 69.7 Å². The van der Waals surface area contributed by atoms with E-state index in [9.17, 15) is 27.6 Å². The number of imide groups is 1. The normalized spacial score (nSPS) is 16.5. The Hall–Kier alpha value is -2.84. The second kappa shape index (κ2) is 11.9. The van der Waals surface area contributed by atoms with Gasteiger partial charge in [-0.05, 0) is 64.2 Å². The van der Waals surface area contributed by atoms with Crippen LogP contribution >= 0.6 is 0 Å². The molecule has 1 heterocycles. The molecule has 0 spiro atoms. The molecule has 1 rings (SSSR count). The standard InChI is InChI=1S/C24H34F3N3O3/c1-8-16(6)20(13-12-19(15(4)5)24(25,26)27)28-30-22(32)17(7)18(23(30)33)11-14-21(31)29(9-2)10-3/h12-13,16,28H,4,8-11,14H2,1-3,5-7H3/b19-12+,20-13+. The maximum Gasteiger partial charge on any atom is 0.416 e. The minimum Gasteiger partial charge on any atom is -0.343 e. The van der Waals surface area contributed by atoms with E-state index < -0.39 is 23.6 Å². The summed E-state index contributed by atoms with van der Waals surface area (Å²) in [6.45, 7) is 14.6. The largest absolute Gasteiger partial charge is 0.416 e. The molecule has 0 aromatic rings. The molecular weight excluding hydrogens is 435 g/mol. The van der Waals surface area contributed by atoms with Gasteiger partial charge in [-0.2, -0.15) is 18.2 Å². The van der Waals surface area contributed by atoms with Crippen LogP contribution in [0.3, 0.4) is 0 Å². The zero-order valence-electron chi connectivity index (χ0n) is 20.2. The highest BCUT2D eigenvalue weighted by molar-refractivity contribution is 6.18. The Morgan fingerprint density at radius 1 is 1.15 bits per heavy atom. The van der Waals surface area contributed by atoms with E-state index in [1.54, 1.807) is 11.8 Å². The third kappa shape index (κ3) is 7.07. The Labute approximate surface area is 193 Å². The van der Waals surface area contributed by atoms with E-state index in [0.717, 1.165) is 11.1 Å². The van der Waals surface area contributed by atoms with Crippen molar-refractivity contribution in [2.45, 2.75) is 67.0 Å². The van der Waals surface area contributed by atoms with Gasteiger partial charge in [-0.25, -0.2) is 0 Å². The second-order valence-corrected chi connectivity index (χ2v) is 8.02. The van der Waals surface area contributed by atoms with E-state index in [2.05, 4.69) is 12.0 Å². The lowest BCUT2D eigenvalue weighted by atomic mass is 10.0. The van der Waals surface area contributed by atoms with Gasteiger partial charge < -0.3 is 4.90 Å². The smallest absolute Gasteiger partial charge is 0.343 e. The van der Waals surface area contributed by atoms with Crippen molar-refractivity contribution in [1.82, 2.24) is 15.3 Å². The molecule has 1 N–H and O–H groups in total. The lowest BCUT2D eigenvalue weighted by molar-refractivity contribution is -0.140. The van der Waals surface area contributed by atoms with Gasteiger partial charge in [0.15, 0.2) is 0 Å². The summed E-state index contributed by atoms with van der Waals surface area (Å²) in [5, 5.41) is 0.812. The van der Waals surface area contributed by atoms with Gasteiger partial charge in [0, 0.05) is 36.4 Å². The van der Waals surface area contributed by atoms with E-state index in [4.69, 9.17) is 0 Å². The molecule has 3 amide bonds. The van der Waals surface area contributed by atoms with Gasteiger partial charge in [-0.1, -0.05) is 20.4 Å². The summed E-state index contributed by atoms with van der Waals surface area (Å²) in [7, 11) is 0. The number of carbonyl (C=O) groups is 3. The minimum absolute atomic E-state index is 0.0889. The maximum atomic E-state index is 13.3. The summed E-state index contributed by atoms with van der Waals surface area (Å²) in [4.78, 5) is 39.6. The summed E-state index contributed by atoms with van der Waals surface area (Å²) in [6.07, 6.45) is -1.69. The van der Waals surface area contributed by atoms with Crippen LogP contribution in [0.1, 0.15) is 60.8 Å². The van der Waals surface area contributed by atoms with Crippen LogP contribution in [0.5, 0.6) is 0 Å². The van der Waals surface area contributed by atoms with Gasteiger partial charge in [-0.3, -0.25) is 19.8 Å². The van der Waals surface area contributed by atoms with E-state index in [-0.39, 0.29) is 47.1 Å². The summed E-state index contributed by atoms with van der Waals surface area (Å²) in [5.74, 6) is -1.55. The predicted octanol–water partition coefficient (Wildman–Crippen LogP) is 4.82. The molecule has 0 aliphatic carbocycles. The molecule has 6 nitrogen and oxygen atoms in total. The Morgan fingerprint density at radius 2 is 1.73 bits per heavy atom. The highest BCUT2D eigenvalue weighted by atomic mass is 19.4. The third-order valence-corrected chi connectivity index (χ3v) is 5.72. The molecule has 0 aromatic heterocycles. The van der Waals surface area contributed by atoms with Crippen LogP contribution in [-0.2, 0) is 14.4 Å². The predicted molar refractivity (Wildman–Crippen MR) is 121 cm³/mol. The first kappa shape index (κ1) is 28.2. The molecule has 33 heavy (non-hydrogen) atoms. The number of rotatable bonds is 11. The fraction of sp³-hybridized carbons (Fsp3) is 0.542. The molecule has 1 unspecified atom stereocenters. The molecule has 0 saturated carbocycles. The van der Waals surface area contributed by atoms with E-state index in [0.29, 0.717) is 19.5 Å². The first-order valence-corrected chi connectivity index (χ1v) is 11.1. The van der Waals surface area contributed by atoms with Gasteiger partial charge in [0.05, 0.1) is 5.57 Å². The van der Waals surface area contributed by atoms with Crippen molar-refractivity contribution in [3.05, 3.63) is 46.7 Å². The number of amides is 3. The van der Waals surface area contributed by atoms with Gasteiger partial charge in [0.1, 0.15) is 0 Å². The second-order valence-electron chi connectivity index (χ2n) is 8.02. The highest BCUT2D eigenvalue weighted by Gasteiger charge is 2.37. The van der Waals surface area contributed by atoms with Gasteiger partial charge in [0.25, 0.3) is 11.8 Å². The van der Waals surface area contributed by atoms with Gasteiger partial charge in [0.2, 0.25) is 5.91 Å². The van der Waals surface area contributed by atoms with Gasteiger partial charge in [-0.15, -0.1) is 0 Å². The zero-order valence-corrected chi connectivity index (χ0v) is 20.2. The monoisotopic (exact) mass is 469 g/mol. The zero-order chi connectivity index (χ0) is 25.5. The lowest BCUT2D eigenvalue weighted by Gasteiger charge is -2.23. The van der Waals surface area contributed by atoms with Crippen molar-refractivity contribution >= 4 is 17.7 Å². The van der Waals surface area contributed by atoms with Crippen molar-refractivity contribution in [2.75, 3.05) is 13.1 Å². The number of carbonyl (C=O) groups excluding carboxylic acids is 3. The fourth-order valence-electron chi connectivity index (χ4n) is 3.36. The Bertz CT molecular complexity index is 881. The summed E-state index contributed by atoms with van der Waals surface area (Å²) >= 11 is 0. The quantitative estimate of drug-likeness (QED) is 0.348. The van der Waals surface area contributed by atoms with Crippen LogP contribution < -0.4 is 5.43 Å². The van der Waals surface area contributed by atoms with Crippen LogP contribution in [0.15, 0.2) is 46.7 Å². The average molecular weight is 470 g/mol. The SMILES string of the molecule is C=C(C)/C(=C\C=C(\NN1C(=O)C(C)=C(CCC(=O)N(CC)CC)C1=O)C(C)CC)C(F)(F)F. The molecule has 0 bridgehead atoms. The summed E-state index contributed by atoms with van der Waals surface area (Å²) < 4.78 is 39.8. The Morgan fingerprint density at radius 3 is 2.18 bits per heavy atom. The van der Waals surface area contributed by atoms with Crippen molar-refractivity contribution in [2.24, 2.45) is 5.92 Å². The highest BCUT2D eigenvalue weighted by Crippen LogP contribution is 2.31. The first-order chi connectivity index (χ1) is 15.3. The fourth-order valence-corrected chi connectivity index (χ4v) is 3.36. The Kier molecular flexibility index (Phi) is 10.1. The number of allylic oxidation sites excluding steroid dienone is 5. The number of alkyl halides is 3. The average Bonchev–Trinajstić information content (AvgIpc) is 2.93. The molecule has 9 heteroatoms. The van der Waals surface area contributed by atoms with Crippen molar-refractivity contribution in [3.63, 3.8) is 0 Å². The molecule has 0 fully saturated rings.